The summed E-state index contributed by atoms with van der Waals surface area (Å²) in [6.45, 7) is 9.55. The zero-order chi connectivity index (χ0) is 24.5. The van der Waals surface area contributed by atoms with Crippen LogP contribution >= 0.6 is 0 Å². The molecule has 2 fully saturated rings. The number of nitrogens with zero attached hydrogens (tertiary/aromatic N) is 3. The molecule has 1 aromatic carbocycles. The highest BCUT2D eigenvalue weighted by Gasteiger charge is 2.34. The Kier molecular flexibility index (Phi) is 10.4. The number of amides is 1. The third-order valence-corrected chi connectivity index (χ3v) is 7.94. The number of hydrogen-bond donors (Lipinski definition) is 1. The smallest absolute Gasteiger partial charge is 0.320 e. The first-order chi connectivity index (χ1) is 16.4. The number of rotatable bonds is 12. The van der Waals surface area contributed by atoms with E-state index < -0.39 is 12.0 Å². The van der Waals surface area contributed by atoms with Crippen molar-refractivity contribution in [3.05, 3.63) is 30.3 Å². The van der Waals surface area contributed by atoms with Gasteiger partial charge in [-0.2, -0.15) is 0 Å². The molecule has 1 aliphatic heterocycles. The van der Waals surface area contributed by atoms with Crippen LogP contribution in [0.15, 0.2) is 30.3 Å². The Bertz CT molecular complexity index is 769. The lowest BCUT2D eigenvalue weighted by Gasteiger charge is -2.38. The van der Waals surface area contributed by atoms with E-state index in [-0.39, 0.29) is 18.5 Å². The number of benzene rings is 1. The fourth-order valence-corrected chi connectivity index (χ4v) is 6.12. The number of para-hydroxylation sites is 1. The molecule has 6 nitrogen and oxygen atoms in total. The molecule has 6 heteroatoms. The van der Waals surface area contributed by atoms with Gasteiger partial charge >= 0.3 is 5.97 Å². The Balaban J connectivity index is 1.66. The van der Waals surface area contributed by atoms with Gasteiger partial charge in [0.25, 0.3) is 0 Å². The molecule has 34 heavy (non-hydrogen) atoms. The molecule has 1 N–H and O–H groups in total. The lowest BCUT2D eigenvalue weighted by Crippen LogP contribution is -2.48. The number of carbonyl (C=O) groups excluding carboxylic acids is 1. The third kappa shape index (κ3) is 7.05. The van der Waals surface area contributed by atoms with Crippen molar-refractivity contribution >= 4 is 17.6 Å². The minimum atomic E-state index is -0.822. The van der Waals surface area contributed by atoms with Crippen molar-refractivity contribution in [2.75, 3.05) is 31.1 Å². The van der Waals surface area contributed by atoms with Crippen molar-refractivity contribution in [3.63, 3.8) is 0 Å². The molecule has 1 aromatic rings. The number of aliphatic carboxylic acids is 1. The van der Waals surface area contributed by atoms with Gasteiger partial charge in [-0.05, 0) is 70.2 Å². The molecule has 1 heterocycles. The topological polar surface area (TPSA) is 64.1 Å². The van der Waals surface area contributed by atoms with E-state index >= 15 is 0 Å². The summed E-state index contributed by atoms with van der Waals surface area (Å²) in [5.74, 6) is 0.0351. The number of carbonyl (C=O) groups is 2. The zero-order valence-corrected chi connectivity index (χ0v) is 21.5. The van der Waals surface area contributed by atoms with Crippen LogP contribution in [-0.2, 0) is 9.59 Å². The molecule has 1 saturated carbocycles. The van der Waals surface area contributed by atoms with Crippen molar-refractivity contribution in [2.24, 2.45) is 5.92 Å². The highest BCUT2D eigenvalue weighted by atomic mass is 16.4. The number of carboxylic acids is 1. The van der Waals surface area contributed by atoms with Crippen molar-refractivity contribution in [1.82, 2.24) is 9.80 Å². The van der Waals surface area contributed by atoms with Gasteiger partial charge < -0.3 is 14.9 Å². The molecule has 0 radical (unpaired) electrons. The van der Waals surface area contributed by atoms with E-state index in [4.69, 9.17) is 0 Å². The van der Waals surface area contributed by atoms with Crippen LogP contribution in [-0.4, -0.2) is 71.1 Å². The zero-order valence-electron chi connectivity index (χ0n) is 21.5. The highest BCUT2D eigenvalue weighted by Crippen LogP contribution is 2.31. The summed E-state index contributed by atoms with van der Waals surface area (Å²) in [5, 5.41) is 9.54. The van der Waals surface area contributed by atoms with Crippen LogP contribution < -0.4 is 4.90 Å². The van der Waals surface area contributed by atoms with E-state index in [1.165, 1.54) is 38.5 Å². The fraction of sp³-hybridized carbons (Fsp3) is 0.714. The molecule has 0 aromatic heterocycles. The third-order valence-electron chi connectivity index (χ3n) is 7.94. The average molecular weight is 472 g/mol. The molecule has 190 valence electrons. The van der Waals surface area contributed by atoms with Crippen LogP contribution in [0, 0.1) is 5.92 Å². The van der Waals surface area contributed by atoms with Crippen molar-refractivity contribution < 1.29 is 14.7 Å². The summed E-state index contributed by atoms with van der Waals surface area (Å²) in [5.41, 5.74) is 0.898. The van der Waals surface area contributed by atoms with Crippen LogP contribution in [0.2, 0.25) is 0 Å². The van der Waals surface area contributed by atoms with Gasteiger partial charge in [-0.15, -0.1) is 0 Å². The number of likely N-dealkylation sites (tertiary alicyclic amines) is 1. The summed E-state index contributed by atoms with van der Waals surface area (Å²) >= 11 is 0. The van der Waals surface area contributed by atoms with Crippen molar-refractivity contribution in [1.29, 1.82) is 0 Å². The van der Waals surface area contributed by atoms with E-state index in [1.54, 1.807) is 0 Å². The molecular weight excluding hydrogens is 426 g/mol. The normalized spacial score (nSPS) is 24.3. The van der Waals surface area contributed by atoms with Gasteiger partial charge in [-0.25, -0.2) is 0 Å². The van der Waals surface area contributed by atoms with Crippen molar-refractivity contribution in [2.45, 2.75) is 96.7 Å². The maximum Gasteiger partial charge on any atom is 0.320 e. The van der Waals surface area contributed by atoms with Crippen LogP contribution in [0.1, 0.15) is 78.6 Å². The minimum absolute atomic E-state index is 0.00410. The Morgan fingerprint density at radius 2 is 1.88 bits per heavy atom. The molecule has 1 aliphatic carbocycles. The first kappa shape index (κ1) is 26.7. The fourth-order valence-electron chi connectivity index (χ4n) is 6.12. The second-order valence-corrected chi connectivity index (χ2v) is 10.3. The largest absolute Gasteiger partial charge is 0.480 e. The predicted octanol–water partition coefficient (Wildman–Crippen LogP) is 5.03. The second kappa shape index (κ2) is 13.2. The number of anilines is 1. The summed E-state index contributed by atoms with van der Waals surface area (Å²) in [4.78, 5) is 31.5. The number of carboxylic acid groups (broad SMARTS) is 1. The average Bonchev–Trinajstić information content (AvgIpc) is 3.29. The lowest BCUT2D eigenvalue weighted by molar-refractivity contribution is -0.142. The monoisotopic (exact) mass is 471 g/mol. The Morgan fingerprint density at radius 3 is 2.56 bits per heavy atom. The first-order valence-electron chi connectivity index (χ1n) is 13.5. The van der Waals surface area contributed by atoms with Gasteiger partial charge in [0, 0.05) is 24.3 Å². The van der Waals surface area contributed by atoms with E-state index in [0.717, 1.165) is 37.5 Å². The van der Waals surface area contributed by atoms with Gasteiger partial charge in [0.15, 0.2) is 0 Å². The molecule has 1 amide bonds. The van der Waals surface area contributed by atoms with Crippen LogP contribution in [0.3, 0.4) is 0 Å². The predicted molar refractivity (Wildman–Crippen MR) is 138 cm³/mol. The first-order valence-corrected chi connectivity index (χ1v) is 13.5. The summed E-state index contributed by atoms with van der Waals surface area (Å²) in [6.07, 6.45) is 10.3. The molecule has 1 saturated heterocycles. The van der Waals surface area contributed by atoms with Crippen molar-refractivity contribution in [3.8, 4) is 0 Å². The SMILES string of the molecule is CCC[C@@H]1CCC[C@@H](N(CC)CC[C@@H](C)N(C(=O)CN2CCCC2C(=O)O)c2ccccc2)C1. The van der Waals surface area contributed by atoms with Gasteiger partial charge in [0.05, 0.1) is 6.54 Å². The molecule has 1 unspecified atom stereocenters. The van der Waals surface area contributed by atoms with E-state index in [0.29, 0.717) is 19.0 Å². The van der Waals surface area contributed by atoms with Crippen LogP contribution in [0.25, 0.3) is 0 Å². The summed E-state index contributed by atoms with van der Waals surface area (Å²) in [7, 11) is 0. The van der Waals surface area contributed by atoms with E-state index in [2.05, 4.69) is 25.7 Å². The Hall–Kier alpha value is -1.92. The van der Waals surface area contributed by atoms with E-state index in [1.807, 2.05) is 40.1 Å². The van der Waals surface area contributed by atoms with Gasteiger partial charge in [-0.1, -0.05) is 57.7 Å². The standard InChI is InChI=1S/C28H45N3O3/c1-4-11-23-12-9-15-25(20-23)29(5-2)19-17-22(3)31(24-13-7-6-8-14-24)27(32)21-30-18-10-16-26(30)28(33)34/h6-8,13-14,22-23,25-26H,4-5,9-12,15-21H2,1-3H3,(H,33,34)/t22-,23-,25-,26?/m1/s1. The number of hydrogen-bond acceptors (Lipinski definition) is 4. The molecule has 0 spiro atoms. The van der Waals surface area contributed by atoms with Crippen LogP contribution in [0.4, 0.5) is 5.69 Å². The lowest BCUT2D eigenvalue weighted by atomic mass is 9.82. The minimum Gasteiger partial charge on any atom is -0.480 e. The maximum absolute atomic E-state index is 13.5. The molecule has 2 aliphatic rings. The summed E-state index contributed by atoms with van der Waals surface area (Å²) in [6, 6.07) is 10.0. The molecule has 0 bridgehead atoms. The second-order valence-electron chi connectivity index (χ2n) is 10.3. The van der Waals surface area contributed by atoms with Gasteiger partial charge in [-0.3, -0.25) is 14.5 Å². The highest BCUT2D eigenvalue weighted by molar-refractivity contribution is 5.95. The van der Waals surface area contributed by atoms with E-state index in [9.17, 15) is 14.7 Å². The molecule has 4 atom stereocenters. The molecule has 3 rings (SSSR count). The molecular formula is C28H45N3O3. The quantitative estimate of drug-likeness (QED) is 0.463. The van der Waals surface area contributed by atoms with Gasteiger partial charge in [0.1, 0.15) is 6.04 Å². The Labute approximate surface area is 206 Å². The summed E-state index contributed by atoms with van der Waals surface area (Å²) < 4.78 is 0. The van der Waals surface area contributed by atoms with Gasteiger partial charge in [0.2, 0.25) is 5.91 Å². The van der Waals surface area contributed by atoms with Crippen LogP contribution in [0.5, 0.6) is 0 Å². The maximum atomic E-state index is 13.5. The Morgan fingerprint density at radius 1 is 1.12 bits per heavy atom.